The maximum absolute atomic E-state index is 13.8. The number of phenols is 1. The number of carbonyl (C=O) groups excluding carboxylic acids is 4. The molecular formula is C32H49N9O5. The van der Waals surface area contributed by atoms with E-state index in [0.29, 0.717) is 36.9 Å². The van der Waals surface area contributed by atoms with Gasteiger partial charge in [-0.05, 0) is 86.9 Å². The summed E-state index contributed by atoms with van der Waals surface area (Å²) >= 11 is 0. The van der Waals surface area contributed by atoms with Crippen molar-refractivity contribution in [2.45, 2.75) is 83.0 Å². The minimum atomic E-state index is -1.13. The van der Waals surface area contributed by atoms with Crippen LogP contribution in [0.5, 0.6) is 5.75 Å². The Labute approximate surface area is 269 Å². The number of rotatable bonds is 19. The number of benzene rings is 2. The van der Waals surface area contributed by atoms with Crippen molar-refractivity contribution in [1.82, 2.24) is 16.0 Å². The summed E-state index contributed by atoms with van der Waals surface area (Å²) < 4.78 is 0. The SMILES string of the molecule is Cc1cc(O)cc(C)c1C[C@H](NC(=O)C(N)CCCN=C(N)N)C(=O)N[C@@H](CCCCN)C(=O)N[C@@H](Cc1ccccc1)C(N)=O. The zero-order valence-electron chi connectivity index (χ0n) is 26.6. The first-order chi connectivity index (χ1) is 21.8. The fourth-order valence-electron chi connectivity index (χ4n) is 5.01. The highest BCUT2D eigenvalue weighted by Gasteiger charge is 2.30. The molecule has 0 fully saturated rings. The van der Waals surface area contributed by atoms with Crippen molar-refractivity contribution >= 4 is 29.6 Å². The molecule has 14 heteroatoms. The molecule has 4 atom stereocenters. The number of hydrogen-bond acceptors (Lipinski definition) is 8. The summed E-state index contributed by atoms with van der Waals surface area (Å²) in [6, 6.07) is 8.07. The predicted molar refractivity (Wildman–Crippen MR) is 177 cm³/mol. The van der Waals surface area contributed by atoms with Crippen LogP contribution in [0.15, 0.2) is 47.5 Å². The second-order valence-corrected chi connectivity index (χ2v) is 11.4. The second kappa shape index (κ2) is 19.0. The van der Waals surface area contributed by atoms with Crippen LogP contribution in [0.1, 0.15) is 54.4 Å². The Morgan fingerprint density at radius 3 is 1.96 bits per heavy atom. The van der Waals surface area contributed by atoms with E-state index in [9.17, 15) is 24.3 Å². The third kappa shape index (κ3) is 12.7. The monoisotopic (exact) mass is 639 g/mol. The number of nitrogens with two attached hydrogens (primary N) is 5. The standard InChI is InChI=1S/C32H49N9O5/c1-19-15-22(42)16-20(2)23(19)18-27(41-29(44)24(34)11-8-14-38-32(36)37)31(46)39-25(12-6-7-13-33)30(45)40-26(28(35)43)17-21-9-4-3-5-10-21/h3-5,9-10,15-16,24-27,42H,6-8,11-14,17-18,33-34H2,1-2H3,(H2,35,43)(H,39,46)(H,40,45)(H,41,44)(H4,36,37,38)/t24?,25-,26-,27-/m0/s1. The summed E-state index contributed by atoms with van der Waals surface area (Å²) in [7, 11) is 0. The van der Waals surface area contributed by atoms with Gasteiger partial charge in [0, 0.05) is 19.4 Å². The van der Waals surface area contributed by atoms with E-state index in [0.717, 1.165) is 11.1 Å². The molecule has 0 spiro atoms. The molecule has 252 valence electrons. The van der Waals surface area contributed by atoms with Gasteiger partial charge >= 0.3 is 0 Å². The van der Waals surface area contributed by atoms with Gasteiger partial charge in [-0.3, -0.25) is 24.2 Å². The molecule has 0 saturated heterocycles. The van der Waals surface area contributed by atoms with Gasteiger partial charge in [-0.1, -0.05) is 30.3 Å². The highest BCUT2D eigenvalue weighted by atomic mass is 16.3. The summed E-state index contributed by atoms with van der Waals surface area (Å²) in [5.74, 6) is -2.51. The summed E-state index contributed by atoms with van der Waals surface area (Å²) in [5.41, 5.74) is 31.1. The lowest BCUT2D eigenvalue weighted by molar-refractivity contribution is -0.133. The molecule has 0 bridgehead atoms. The van der Waals surface area contributed by atoms with E-state index in [1.165, 1.54) is 0 Å². The van der Waals surface area contributed by atoms with Crippen LogP contribution < -0.4 is 44.6 Å². The van der Waals surface area contributed by atoms with Crippen LogP contribution in [0.3, 0.4) is 0 Å². The van der Waals surface area contributed by atoms with E-state index in [-0.39, 0.29) is 43.9 Å². The first-order valence-corrected chi connectivity index (χ1v) is 15.4. The van der Waals surface area contributed by atoms with Gasteiger partial charge in [0.1, 0.15) is 23.9 Å². The Balaban J connectivity index is 2.30. The zero-order valence-corrected chi connectivity index (χ0v) is 26.6. The number of primary amides is 1. The lowest BCUT2D eigenvalue weighted by Gasteiger charge is -2.26. The van der Waals surface area contributed by atoms with Gasteiger partial charge < -0.3 is 49.7 Å². The van der Waals surface area contributed by atoms with Gasteiger partial charge in [0.25, 0.3) is 0 Å². The first-order valence-electron chi connectivity index (χ1n) is 15.4. The number of hydrogen-bond donors (Lipinski definition) is 9. The number of guanidine groups is 1. The molecule has 2 aromatic carbocycles. The molecule has 14 N–H and O–H groups in total. The summed E-state index contributed by atoms with van der Waals surface area (Å²) in [5, 5.41) is 18.2. The number of carbonyl (C=O) groups is 4. The van der Waals surface area contributed by atoms with Crippen LogP contribution in [0, 0.1) is 13.8 Å². The van der Waals surface area contributed by atoms with Crippen molar-refractivity contribution in [1.29, 1.82) is 0 Å². The molecule has 0 aromatic heterocycles. The molecule has 46 heavy (non-hydrogen) atoms. The third-order valence-electron chi connectivity index (χ3n) is 7.55. The first kappa shape index (κ1) is 37.5. The third-order valence-corrected chi connectivity index (χ3v) is 7.55. The molecule has 2 rings (SSSR count). The zero-order chi connectivity index (χ0) is 34.2. The topological polar surface area (TPSA) is 267 Å². The van der Waals surface area contributed by atoms with E-state index in [1.807, 2.05) is 30.3 Å². The molecule has 14 nitrogen and oxygen atoms in total. The van der Waals surface area contributed by atoms with Crippen molar-refractivity contribution in [2.75, 3.05) is 13.1 Å². The number of aromatic hydroxyl groups is 1. The number of nitrogens with one attached hydrogen (secondary N) is 3. The van der Waals surface area contributed by atoms with Crippen molar-refractivity contribution in [3.05, 3.63) is 64.7 Å². The lowest BCUT2D eigenvalue weighted by Crippen LogP contribution is -2.58. The molecule has 1 unspecified atom stereocenters. The highest BCUT2D eigenvalue weighted by molar-refractivity contribution is 5.94. The van der Waals surface area contributed by atoms with Crippen LogP contribution in [0.4, 0.5) is 0 Å². The Morgan fingerprint density at radius 2 is 1.37 bits per heavy atom. The van der Waals surface area contributed by atoms with E-state index >= 15 is 0 Å². The Bertz CT molecular complexity index is 1330. The molecule has 0 aliphatic heterocycles. The Kier molecular flexibility index (Phi) is 15.5. The number of unbranched alkanes of at least 4 members (excludes halogenated alkanes) is 1. The summed E-state index contributed by atoms with van der Waals surface area (Å²) in [6.07, 6.45) is 2.27. The van der Waals surface area contributed by atoms with Crippen molar-refractivity contribution in [2.24, 2.45) is 33.7 Å². The molecule has 0 radical (unpaired) electrons. The molecule has 4 amide bonds. The van der Waals surface area contributed by atoms with E-state index in [2.05, 4.69) is 20.9 Å². The van der Waals surface area contributed by atoms with Crippen molar-refractivity contribution in [3.8, 4) is 5.75 Å². The number of aryl methyl sites for hydroxylation is 2. The van der Waals surface area contributed by atoms with Crippen LogP contribution >= 0.6 is 0 Å². The lowest BCUT2D eigenvalue weighted by atomic mass is 9.95. The molecule has 0 heterocycles. The average molecular weight is 640 g/mol. The van der Waals surface area contributed by atoms with E-state index in [4.69, 9.17) is 28.7 Å². The minimum absolute atomic E-state index is 0.0608. The summed E-state index contributed by atoms with van der Waals surface area (Å²) in [4.78, 5) is 56.6. The Hall–Kier alpha value is -4.69. The van der Waals surface area contributed by atoms with Crippen molar-refractivity contribution in [3.63, 3.8) is 0 Å². The number of aliphatic imine (C=N–C) groups is 1. The van der Waals surface area contributed by atoms with Gasteiger partial charge in [0.05, 0.1) is 6.04 Å². The predicted octanol–water partition coefficient (Wildman–Crippen LogP) is -0.756. The molecular weight excluding hydrogens is 590 g/mol. The highest BCUT2D eigenvalue weighted by Crippen LogP contribution is 2.22. The fourth-order valence-corrected chi connectivity index (χ4v) is 5.01. The van der Waals surface area contributed by atoms with Crippen LogP contribution in [0.2, 0.25) is 0 Å². The van der Waals surface area contributed by atoms with Gasteiger partial charge in [-0.25, -0.2) is 0 Å². The van der Waals surface area contributed by atoms with E-state index < -0.39 is 47.8 Å². The smallest absolute Gasteiger partial charge is 0.243 e. The Morgan fingerprint density at radius 1 is 0.783 bits per heavy atom. The van der Waals surface area contributed by atoms with Gasteiger partial charge in [0.15, 0.2) is 5.96 Å². The average Bonchev–Trinajstić information content (AvgIpc) is 2.99. The van der Waals surface area contributed by atoms with Gasteiger partial charge in [-0.15, -0.1) is 0 Å². The molecule has 0 aliphatic rings. The van der Waals surface area contributed by atoms with Crippen LogP contribution in [-0.4, -0.2) is 72.0 Å². The summed E-state index contributed by atoms with van der Waals surface area (Å²) in [6.45, 7) is 4.25. The molecule has 2 aromatic rings. The minimum Gasteiger partial charge on any atom is -0.508 e. The normalized spacial score (nSPS) is 13.5. The van der Waals surface area contributed by atoms with Gasteiger partial charge in [-0.2, -0.15) is 0 Å². The van der Waals surface area contributed by atoms with Gasteiger partial charge in [0.2, 0.25) is 23.6 Å². The second-order valence-electron chi connectivity index (χ2n) is 11.4. The largest absolute Gasteiger partial charge is 0.508 e. The molecule has 0 aliphatic carbocycles. The number of amides is 4. The fraction of sp³-hybridized carbons (Fsp3) is 0.469. The maximum atomic E-state index is 13.8. The van der Waals surface area contributed by atoms with Crippen molar-refractivity contribution < 1.29 is 24.3 Å². The quantitative estimate of drug-likeness (QED) is 0.0530. The maximum Gasteiger partial charge on any atom is 0.243 e. The number of nitrogens with zero attached hydrogens (tertiary/aromatic N) is 1. The van der Waals surface area contributed by atoms with Crippen LogP contribution in [0.25, 0.3) is 0 Å². The number of phenolic OH excluding ortho intramolecular Hbond substituents is 1. The van der Waals surface area contributed by atoms with Crippen LogP contribution in [-0.2, 0) is 32.0 Å². The van der Waals surface area contributed by atoms with E-state index in [1.54, 1.807) is 26.0 Å². The molecule has 0 saturated carbocycles.